The van der Waals surface area contributed by atoms with E-state index in [9.17, 15) is 0 Å². The molecule has 17 heavy (non-hydrogen) atoms. The predicted molar refractivity (Wildman–Crippen MR) is 74.1 cm³/mol. The van der Waals surface area contributed by atoms with Gasteiger partial charge in [0.15, 0.2) is 0 Å². The molecular formula is C13H29NO2Si. The van der Waals surface area contributed by atoms with Crippen LogP contribution in [-0.2, 0) is 8.85 Å². The van der Waals surface area contributed by atoms with Crippen molar-refractivity contribution in [2.45, 2.75) is 71.4 Å². The smallest absolute Gasteiger partial charge is 0.383 e. The maximum Gasteiger partial charge on any atom is 0.424 e. The van der Waals surface area contributed by atoms with Crippen LogP contribution in [0.4, 0.5) is 0 Å². The first-order valence-electron chi connectivity index (χ1n) is 7.32. The molecule has 0 bridgehead atoms. The zero-order valence-electron chi connectivity index (χ0n) is 11.8. The second-order valence-electron chi connectivity index (χ2n) is 4.93. The van der Waals surface area contributed by atoms with E-state index in [1.807, 2.05) is 0 Å². The highest BCUT2D eigenvalue weighted by atomic mass is 28.4. The molecule has 0 aromatic rings. The van der Waals surface area contributed by atoms with E-state index in [0.717, 1.165) is 32.1 Å². The SMILES string of the molecule is CCCO[Si](CC)(NC1CCCC1)OCCC. The Kier molecular flexibility index (Phi) is 7.35. The summed E-state index contributed by atoms with van der Waals surface area (Å²) >= 11 is 0. The summed E-state index contributed by atoms with van der Waals surface area (Å²) in [6.45, 7) is 8.15. The molecule has 1 saturated carbocycles. The molecule has 0 amide bonds. The van der Waals surface area contributed by atoms with Crippen molar-refractivity contribution in [2.75, 3.05) is 13.2 Å². The topological polar surface area (TPSA) is 30.5 Å². The molecule has 4 heteroatoms. The van der Waals surface area contributed by atoms with Crippen LogP contribution in [0.25, 0.3) is 0 Å². The van der Waals surface area contributed by atoms with Crippen LogP contribution in [0.5, 0.6) is 0 Å². The van der Waals surface area contributed by atoms with Crippen molar-refractivity contribution in [1.29, 1.82) is 0 Å². The summed E-state index contributed by atoms with van der Waals surface area (Å²) < 4.78 is 12.2. The Hall–Kier alpha value is 0.0969. The molecule has 0 spiro atoms. The molecular weight excluding hydrogens is 230 g/mol. The highest BCUT2D eigenvalue weighted by molar-refractivity contribution is 6.64. The standard InChI is InChI=1S/C13H29NO2Si/c1-4-11-15-17(6-3,16-12-5-2)14-13-9-7-8-10-13/h13-14H,4-12H2,1-3H3. The Balaban J connectivity index is 2.52. The molecule has 102 valence electrons. The van der Waals surface area contributed by atoms with Crippen LogP contribution in [0.1, 0.15) is 59.3 Å². The van der Waals surface area contributed by atoms with Crippen molar-refractivity contribution in [3.05, 3.63) is 0 Å². The molecule has 1 aliphatic rings. The molecule has 0 aromatic heterocycles. The van der Waals surface area contributed by atoms with Crippen LogP contribution >= 0.6 is 0 Å². The molecule has 0 radical (unpaired) electrons. The van der Waals surface area contributed by atoms with Crippen LogP contribution in [0.2, 0.25) is 6.04 Å². The van der Waals surface area contributed by atoms with Gasteiger partial charge in [-0.05, 0) is 25.7 Å². The highest BCUT2D eigenvalue weighted by Crippen LogP contribution is 2.22. The Morgan fingerprint density at radius 3 is 1.94 bits per heavy atom. The average molecular weight is 259 g/mol. The Morgan fingerprint density at radius 1 is 1.00 bits per heavy atom. The second kappa shape index (κ2) is 8.24. The summed E-state index contributed by atoms with van der Waals surface area (Å²) in [5, 5.41) is 0. The maximum atomic E-state index is 6.10. The molecule has 0 atom stereocenters. The summed E-state index contributed by atoms with van der Waals surface area (Å²) in [6, 6.07) is 1.64. The number of hydrogen-bond donors (Lipinski definition) is 1. The van der Waals surface area contributed by atoms with E-state index in [-0.39, 0.29) is 0 Å². The molecule has 1 N–H and O–H groups in total. The molecule has 3 nitrogen and oxygen atoms in total. The quantitative estimate of drug-likeness (QED) is 0.644. The molecule has 0 unspecified atom stereocenters. The van der Waals surface area contributed by atoms with Gasteiger partial charge in [-0.25, -0.2) is 0 Å². The van der Waals surface area contributed by atoms with E-state index in [1.165, 1.54) is 25.7 Å². The Labute approximate surface area is 108 Å². The monoisotopic (exact) mass is 259 g/mol. The molecule has 1 aliphatic carbocycles. The van der Waals surface area contributed by atoms with E-state index in [2.05, 4.69) is 25.8 Å². The molecule has 1 rings (SSSR count). The van der Waals surface area contributed by atoms with Crippen molar-refractivity contribution in [2.24, 2.45) is 0 Å². The van der Waals surface area contributed by atoms with Crippen LogP contribution in [0.15, 0.2) is 0 Å². The van der Waals surface area contributed by atoms with Gasteiger partial charge in [-0.1, -0.05) is 33.6 Å². The fraction of sp³-hybridized carbons (Fsp3) is 1.00. The molecule has 0 aromatic carbocycles. The lowest BCUT2D eigenvalue weighted by Gasteiger charge is -2.32. The van der Waals surface area contributed by atoms with E-state index in [1.54, 1.807) is 0 Å². The first-order valence-corrected chi connectivity index (χ1v) is 9.34. The summed E-state index contributed by atoms with van der Waals surface area (Å²) in [5.41, 5.74) is 0. The average Bonchev–Trinajstić information content (AvgIpc) is 2.85. The predicted octanol–water partition coefficient (Wildman–Crippen LogP) is 3.33. The third-order valence-electron chi connectivity index (χ3n) is 3.32. The normalized spacial score (nSPS) is 17.8. The highest BCUT2D eigenvalue weighted by Gasteiger charge is 2.39. The minimum absolute atomic E-state index is 0.635. The van der Waals surface area contributed by atoms with Crippen LogP contribution in [0, 0.1) is 0 Å². The fourth-order valence-corrected chi connectivity index (χ4v) is 5.19. The lowest BCUT2D eigenvalue weighted by atomic mass is 10.3. The van der Waals surface area contributed by atoms with Gasteiger partial charge in [-0.15, -0.1) is 0 Å². The Morgan fingerprint density at radius 2 is 1.53 bits per heavy atom. The third-order valence-corrected chi connectivity index (χ3v) is 6.44. The molecule has 1 fully saturated rings. The maximum absolute atomic E-state index is 6.10. The first kappa shape index (κ1) is 15.2. The van der Waals surface area contributed by atoms with Gasteiger partial charge in [-0.3, -0.25) is 4.98 Å². The lowest BCUT2D eigenvalue weighted by Crippen LogP contribution is -2.59. The van der Waals surface area contributed by atoms with Gasteiger partial charge < -0.3 is 8.85 Å². The second-order valence-corrected chi connectivity index (χ2v) is 8.01. The number of hydrogen-bond acceptors (Lipinski definition) is 3. The van der Waals surface area contributed by atoms with Crippen molar-refractivity contribution in [3.63, 3.8) is 0 Å². The van der Waals surface area contributed by atoms with Gasteiger partial charge in [0.05, 0.1) is 0 Å². The van der Waals surface area contributed by atoms with Crippen molar-refractivity contribution >= 4 is 8.72 Å². The van der Waals surface area contributed by atoms with E-state index >= 15 is 0 Å². The summed E-state index contributed by atoms with van der Waals surface area (Å²) in [6.07, 6.45) is 7.42. The van der Waals surface area contributed by atoms with Gasteiger partial charge in [0.1, 0.15) is 0 Å². The van der Waals surface area contributed by atoms with Gasteiger partial charge in [0, 0.05) is 25.3 Å². The van der Waals surface area contributed by atoms with Gasteiger partial charge in [0.2, 0.25) is 0 Å². The van der Waals surface area contributed by atoms with E-state index in [4.69, 9.17) is 8.85 Å². The van der Waals surface area contributed by atoms with Crippen LogP contribution in [0.3, 0.4) is 0 Å². The number of rotatable bonds is 9. The summed E-state index contributed by atoms with van der Waals surface area (Å²) in [5.74, 6) is 0. The van der Waals surface area contributed by atoms with Crippen molar-refractivity contribution in [3.8, 4) is 0 Å². The number of nitrogens with one attached hydrogen (secondary N) is 1. The minimum atomic E-state index is -2.13. The van der Waals surface area contributed by atoms with Crippen molar-refractivity contribution in [1.82, 2.24) is 4.98 Å². The minimum Gasteiger partial charge on any atom is -0.383 e. The molecule has 0 saturated heterocycles. The zero-order chi connectivity index (χ0) is 12.6. The lowest BCUT2D eigenvalue weighted by molar-refractivity contribution is 0.153. The largest absolute Gasteiger partial charge is 0.424 e. The summed E-state index contributed by atoms with van der Waals surface area (Å²) in [7, 11) is -2.13. The van der Waals surface area contributed by atoms with E-state index in [0.29, 0.717) is 6.04 Å². The Bertz CT molecular complexity index is 188. The van der Waals surface area contributed by atoms with E-state index < -0.39 is 8.72 Å². The van der Waals surface area contributed by atoms with Crippen LogP contribution < -0.4 is 4.98 Å². The van der Waals surface area contributed by atoms with Gasteiger partial charge in [-0.2, -0.15) is 0 Å². The van der Waals surface area contributed by atoms with Gasteiger partial charge in [0.25, 0.3) is 0 Å². The fourth-order valence-electron chi connectivity index (χ4n) is 2.35. The molecule has 0 heterocycles. The third kappa shape index (κ3) is 5.08. The van der Waals surface area contributed by atoms with Crippen molar-refractivity contribution < 1.29 is 8.85 Å². The molecule has 0 aliphatic heterocycles. The first-order chi connectivity index (χ1) is 8.26. The summed E-state index contributed by atoms with van der Waals surface area (Å²) in [4.78, 5) is 3.74. The van der Waals surface area contributed by atoms with Crippen LogP contribution in [-0.4, -0.2) is 28.0 Å². The zero-order valence-corrected chi connectivity index (χ0v) is 12.8. The van der Waals surface area contributed by atoms with Gasteiger partial charge >= 0.3 is 8.72 Å².